The minimum absolute atomic E-state index is 0.0211. The molecule has 2 aromatic rings. The van der Waals surface area contributed by atoms with Crippen molar-refractivity contribution in [2.24, 2.45) is 5.41 Å². The second-order valence-corrected chi connectivity index (χ2v) is 9.16. The number of nitrogens with one attached hydrogen (secondary N) is 1. The first kappa shape index (κ1) is 20.6. The third-order valence-electron chi connectivity index (χ3n) is 6.12. The second-order valence-electron chi connectivity index (χ2n) is 9.16. The summed E-state index contributed by atoms with van der Waals surface area (Å²) in [5.74, 6) is 1.16. The molecule has 1 amide bonds. The average molecular weight is 438 g/mol. The Balaban J connectivity index is 1.36. The van der Waals surface area contributed by atoms with Gasteiger partial charge in [0.25, 0.3) is 5.91 Å². The van der Waals surface area contributed by atoms with E-state index in [1.54, 1.807) is 9.58 Å². The van der Waals surface area contributed by atoms with E-state index in [0.717, 1.165) is 17.7 Å². The molecular weight excluding hydrogens is 412 g/mol. The number of hydrogen-bond donors (Lipinski definition) is 1. The third-order valence-corrected chi connectivity index (χ3v) is 6.12. The van der Waals surface area contributed by atoms with Gasteiger partial charge in [0.05, 0.1) is 13.2 Å². The summed E-state index contributed by atoms with van der Waals surface area (Å²) in [6.45, 7) is 6.46. The molecule has 10 nitrogen and oxygen atoms in total. The first-order chi connectivity index (χ1) is 15.4. The Bertz CT molecular complexity index is 1070. The van der Waals surface area contributed by atoms with Crippen LogP contribution in [0.3, 0.4) is 0 Å². The van der Waals surface area contributed by atoms with Crippen LogP contribution in [-0.4, -0.2) is 69.7 Å². The average Bonchev–Trinajstić information content (AvgIpc) is 3.24. The molecule has 0 bridgehead atoms. The highest BCUT2D eigenvalue weighted by Gasteiger charge is 2.41. The van der Waals surface area contributed by atoms with Gasteiger partial charge < -0.3 is 19.7 Å². The number of fused-ring (bicyclic) bond motifs is 1. The van der Waals surface area contributed by atoms with Crippen LogP contribution in [0.1, 0.15) is 38.3 Å². The van der Waals surface area contributed by atoms with Crippen LogP contribution in [0, 0.1) is 5.41 Å². The van der Waals surface area contributed by atoms with Gasteiger partial charge in [-0.2, -0.15) is 4.68 Å². The van der Waals surface area contributed by atoms with E-state index in [9.17, 15) is 9.59 Å². The molecule has 5 rings (SSSR count). The van der Waals surface area contributed by atoms with Gasteiger partial charge in [-0.15, -0.1) is 0 Å². The number of amides is 1. The zero-order chi connectivity index (χ0) is 22.3. The van der Waals surface area contributed by atoms with E-state index < -0.39 is 6.04 Å². The van der Waals surface area contributed by atoms with E-state index in [0.29, 0.717) is 50.0 Å². The van der Waals surface area contributed by atoms with Crippen LogP contribution in [0.5, 0.6) is 5.75 Å². The number of rotatable bonds is 4. The number of ketones is 1. The molecule has 0 saturated carbocycles. The predicted molar refractivity (Wildman–Crippen MR) is 114 cm³/mol. The number of allylic oxidation sites excluding steroid dienone is 2. The van der Waals surface area contributed by atoms with Gasteiger partial charge in [-0.05, 0) is 40.0 Å². The van der Waals surface area contributed by atoms with E-state index in [-0.39, 0.29) is 23.7 Å². The van der Waals surface area contributed by atoms with Crippen molar-refractivity contribution in [2.45, 2.75) is 32.7 Å². The fraction of sp³-hybridized carbons (Fsp3) is 0.500. The highest BCUT2D eigenvalue weighted by molar-refractivity contribution is 6.00. The SMILES string of the molecule is CC1(C)CC(=O)C2=C(C1)Nc1nnnn1C2c1ccc(OCC(=O)N2CCOCC2)cc1. The van der Waals surface area contributed by atoms with Crippen LogP contribution >= 0.6 is 0 Å². The van der Waals surface area contributed by atoms with E-state index in [1.165, 1.54) is 0 Å². The van der Waals surface area contributed by atoms with Gasteiger partial charge in [0.2, 0.25) is 5.95 Å². The van der Waals surface area contributed by atoms with Crippen molar-refractivity contribution in [1.82, 2.24) is 25.1 Å². The monoisotopic (exact) mass is 438 g/mol. The minimum Gasteiger partial charge on any atom is -0.484 e. The number of tetrazole rings is 1. The molecule has 32 heavy (non-hydrogen) atoms. The lowest BCUT2D eigenvalue weighted by Crippen LogP contribution is -2.42. The molecule has 10 heteroatoms. The van der Waals surface area contributed by atoms with E-state index in [4.69, 9.17) is 9.47 Å². The molecule has 1 saturated heterocycles. The maximum absolute atomic E-state index is 13.1. The Hall–Kier alpha value is -3.27. The van der Waals surface area contributed by atoms with Crippen molar-refractivity contribution >= 4 is 17.6 Å². The molecule has 1 aromatic heterocycles. The number of nitrogens with zero attached hydrogens (tertiary/aromatic N) is 5. The van der Waals surface area contributed by atoms with E-state index in [1.807, 2.05) is 24.3 Å². The Morgan fingerprint density at radius 3 is 2.72 bits per heavy atom. The van der Waals surface area contributed by atoms with E-state index in [2.05, 4.69) is 34.7 Å². The Labute approximate surface area is 185 Å². The number of carbonyl (C=O) groups excluding carboxylic acids is 2. The maximum Gasteiger partial charge on any atom is 0.260 e. The highest BCUT2D eigenvalue weighted by atomic mass is 16.5. The molecule has 168 valence electrons. The van der Waals surface area contributed by atoms with Crippen LogP contribution < -0.4 is 10.1 Å². The normalized spacial score (nSPS) is 22.1. The fourth-order valence-corrected chi connectivity index (χ4v) is 4.57. The Morgan fingerprint density at radius 1 is 1.22 bits per heavy atom. The summed E-state index contributed by atoms with van der Waals surface area (Å²) < 4.78 is 12.6. The lowest BCUT2D eigenvalue weighted by Gasteiger charge is -2.37. The molecule has 2 aliphatic heterocycles. The molecule has 1 unspecified atom stereocenters. The van der Waals surface area contributed by atoms with Crippen molar-refractivity contribution in [2.75, 3.05) is 38.2 Å². The lowest BCUT2D eigenvalue weighted by atomic mass is 9.73. The standard InChI is InChI=1S/C22H26N6O4/c1-22(2)11-16-19(17(29)12-22)20(28-21(23-16)24-25-26-28)14-3-5-15(6-4-14)32-13-18(30)27-7-9-31-10-8-27/h3-6,20H,7-13H2,1-2H3,(H,23,24,26). The van der Waals surface area contributed by atoms with Crippen molar-refractivity contribution < 1.29 is 19.1 Å². The van der Waals surface area contributed by atoms with Gasteiger partial charge >= 0.3 is 0 Å². The summed E-state index contributed by atoms with van der Waals surface area (Å²) in [6, 6.07) is 7.02. The van der Waals surface area contributed by atoms with Gasteiger partial charge in [0.1, 0.15) is 11.8 Å². The molecule has 1 fully saturated rings. The predicted octanol–water partition coefficient (Wildman–Crippen LogP) is 1.57. The first-order valence-electron chi connectivity index (χ1n) is 10.8. The van der Waals surface area contributed by atoms with Crippen molar-refractivity contribution in [3.8, 4) is 5.75 Å². The quantitative estimate of drug-likeness (QED) is 0.766. The number of aromatic nitrogens is 4. The van der Waals surface area contributed by atoms with Gasteiger partial charge in [-0.1, -0.05) is 31.1 Å². The fourth-order valence-electron chi connectivity index (χ4n) is 4.57. The summed E-state index contributed by atoms with van der Waals surface area (Å²) in [5, 5.41) is 15.2. The van der Waals surface area contributed by atoms with Crippen LogP contribution in [0.4, 0.5) is 5.95 Å². The topological polar surface area (TPSA) is 111 Å². The van der Waals surface area contributed by atoms with Crippen LogP contribution in [0.15, 0.2) is 35.5 Å². The number of hydrogen-bond acceptors (Lipinski definition) is 8. The number of morpholine rings is 1. The largest absolute Gasteiger partial charge is 0.484 e. The number of anilines is 1. The minimum atomic E-state index is -0.399. The Morgan fingerprint density at radius 2 is 1.97 bits per heavy atom. The summed E-state index contributed by atoms with van der Waals surface area (Å²) in [6.07, 6.45) is 1.23. The summed E-state index contributed by atoms with van der Waals surface area (Å²) >= 11 is 0. The smallest absolute Gasteiger partial charge is 0.260 e. The van der Waals surface area contributed by atoms with Gasteiger partial charge in [-0.25, -0.2) is 0 Å². The molecule has 1 atom stereocenters. The summed E-state index contributed by atoms with van der Waals surface area (Å²) in [4.78, 5) is 27.2. The number of benzene rings is 1. The van der Waals surface area contributed by atoms with Gasteiger partial charge in [0, 0.05) is 30.8 Å². The summed E-state index contributed by atoms with van der Waals surface area (Å²) in [5.41, 5.74) is 2.36. The zero-order valence-corrected chi connectivity index (χ0v) is 18.2. The van der Waals surface area contributed by atoms with Crippen molar-refractivity contribution in [1.29, 1.82) is 0 Å². The lowest BCUT2D eigenvalue weighted by molar-refractivity contribution is -0.137. The first-order valence-corrected chi connectivity index (χ1v) is 10.8. The van der Waals surface area contributed by atoms with Crippen LogP contribution in [0.25, 0.3) is 0 Å². The molecule has 3 aliphatic rings. The molecule has 0 radical (unpaired) electrons. The highest BCUT2D eigenvalue weighted by Crippen LogP contribution is 2.45. The maximum atomic E-state index is 13.1. The summed E-state index contributed by atoms with van der Waals surface area (Å²) in [7, 11) is 0. The molecule has 1 aromatic carbocycles. The van der Waals surface area contributed by atoms with Crippen molar-refractivity contribution in [3.05, 3.63) is 41.1 Å². The molecule has 1 aliphatic carbocycles. The molecule has 0 spiro atoms. The Kier molecular flexibility index (Phi) is 5.16. The molecule has 1 N–H and O–H groups in total. The number of Topliss-reactive ketones (excluding diaryl/α,β-unsaturated/α-hetero) is 1. The van der Waals surface area contributed by atoms with Crippen LogP contribution in [-0.2, 0) is 14.3 Å². The van der Waals surface area contributed by atoms with Gasteiger partial charge in [-0.3, -0.25) is 9.59 Å². The van der Waals surface area contributed by atoms with Crippen molar-refractivity contribution in [3.63, 3.8) is 0 Å². The van der Waals surface area contributed by atoms with Crippen LogP contribution in [0.2, 0.25) is 0 Å². The zero-order valence-electron chi connectivity index (χ0n) is 18.2. The molecular formula is C22H26N6O4. The number of carbonyl (C=O) groups is 2. The van der Waals surface area contributed by atoms with E-state index >= 15 is 0 Å². The second kappa shape index (κ2) is 8.01. The molecule has 3 heterocycles. The third kappa shape index (κ3) is 3.86. The van der Waals surface area contributed by atoms with Gasteiger partial charge in [0.15, 0.2) is 12.4 Å². The number of ether oxygens (including phenoxy) is 2.